The van der Waals surface area contributed by atoms with Crippen LogP contribution in [0.1, 0.15) is 53.7 Å². The topological polar surface area (TPSA) is 80.5 Å². The highest BCUT2D eigenvalue weighted by molar-refractivity contribution is 5.74. The van der Waals surface area contributed by atoms with Gasteiger partial charge in [-0.1, -0.05) is 65.3 Å². The van der Waals surface area contributed by atoms with Crippen LogP contribution >= 0.6 is 0 Å². The number of aromatic nitrogens is 2. The maximum absolute atomic E-state index is 12.9. The average molecular weight is 421 g/mol. The molecule has 1 N–H and O–H groups in total. The summed E-state index contributed by atoms with van der Waals surface area (Å²) >= 11 is 0. The van der Waals surface area contributed by atoms with E-state index in [4.69, 9.17) is 9.26 Å². The van der Waals surface area contributed by atoms with Crippen molar-refractivity contribution in [3.63, 3.8) is 0 Å². The Balaban J connectivity index is 1.33. The van der Waals surface area contributed by atoms with Gasteiger partial charge in [0.1, 0.15) is 6.61 Å². The predicted molar refractivity (Wildman–Crippen MR) is 116 cm³/mol. The van der Waals surface area contributed by atoms with E-state index in [0.717, 1.165) is 30.4 Å². The summed E-state index contributed by atoms with van der Waals surface area (Å²) in [5.41, 5.74) is 3.36. The van der Waals surface area contributed by atoms with E-state index in [1.807, 2.05) is 66.4 Å². The Morgan fingerprint density at radius 2 is 1.90 bits per heavy atom. The molecule has 2 aromatic carbocycles. The molecule has 3 aromatic rings. The summed E-state index contributed by atoms with van der Waals surface area (Å²) in [7, 11) is 0. The minimum atomic E-state index is -0.182. The minimum Gasteiger partial charge on any atom is -0.367 e. The minimum absolute atomic E-state index is 0.100. The first-order valence-electron chi connectivity index (χ1n) is 10.7. The monoisotopic (exact) mass is 420 g/mol. The van der Waals surface area contributed by atoms with Gasteiger partial charge in [-0.3, -0.25) is 0 Å². The van der Waals surface area contributed by atoms with Crippen molar-refractivity contribution in [3.05, 3.63) is 83.0 Å². The number of aryl methyl sites for hydroxylation is 1. The number of rotatable bonds is 7. The van der Waals surface area contributed by atoms with E-state index >= 15 is 0 Å². The molecule has 1 aliphatic rings. The lowest BCUT2D eigenvalue weighted by molar-refractivity contribution is 0.0850. The van der Waals surface area contributed by atoms with Gasteiger partial charge in [0.2, 0.25) is 0 Å². The van der Waals surface area contributed by atoms with Crippen molar-refractivity contribution in [2.45, 2.75) is 52.0 Å². The van der Waals surface area contributed by atoms with Gasteiger partial charge in [0, 0.05) is 13.1 Å². The summed E-state index contributed by atoms with van der Waals surface area (Å²) in [6.45, 7) is 3.95. The van der Waals surface area contributed by atoms with Gasteiger partial charge in [-0.2, -0.15) is 4.98 Å². The molecule has 0 spiro atoms. The molecule has 1 fully saturated rings. The lowest BCUT2D eigenvalue weighted by atomic mass is 10.0. The van der Waals surface area contributed by atoms with E-state index < -0.39 is 0 Å². The van der Waals surface area contributed by atoms with Crippen LogP contribution in [0.4, 0.5) is 4.79 Å². The Hall–Kier alpha value is -3.19. The number of carbonyl (C=O) groups excluding carboxylic acids is 1. The SMILES string of the molecule is Cc1ccc(CNC(=O)N2CCCCC2c2noc(COCc3ccccc3)n2)cc1. The number of hydrogen-bond acceptors (Lipinski definition) is 5. The summed E-state index contributed by atoms with van der Waals surface area (Å²) in [6.07, 6.45) is 2.82. The number of urea groups is 1. The molecule has 2 amide bonds. The maximum Gasteiger partial charge on any atom is 0.318 e. The van der Waals surface area contributed by atoms with Crippen molar-refractivity contribution in [3.8, 4) is 0 Å². The molecule has 31 heavy (non-hydrogen) atoms. The van der Waals surface area contributed by atoms with Gasteiger partial charge in [0.25, 0.3) is 5.89 Å². The van der Waals surface area contributed by atoms with Crippen molar-refractivity contribution in [2.75, 3.05) is 6.54 Å². The third-order valence-corrected chi connectivity index (χ3v) is 5.45. The molecule has 1 unspecified atom stereocenters. The molecule has 0 aliphatic carbocycles. The predicted octanol–water partition coefficient (Wildman–Crippen LogP) is 4.53. The molecule has 1 aromatic heterocycles. The second kappa shape index (κ2) is 10.2. The summed E-state index contributed by atoms with van der Waals surface area (Å²) in [6, 6.07) is 17.8. The van der Waals surface area contributed by atoms with Crippen LogP contribution in [0, 0.1) is 6.92 Å². The Kier molecular flexibility index (Phi) is 6.94. The molecular weight excluding hydrogens is 392 g/mol. The summed E-state index contributed by atoms with van der Waals surface area (Å²) in [4.78, 5) is 19.2. The van der Waals surface area contributed by atoms with Gasteiger partial charge in [-0.15, -0.1) is 0 Å². The number of ether oxygens (including phenoxy) is 1. The third-order valence-electron chi connectivity index (χ3n) is 5.45. The maximum atomic E-state index is 12.9. The number of benzene rings is 2. The van der Waals surface area contributed by atoms with Gasteiger partial charge in [-0.05, 0) is 37.3 Å². The van der Waals surface area contributed by atoms with E-state index in [9.17, 15) is 4.79 Å². The fraction of sp³-hybridized carbons (Fsp3) is 0.375. The molecular formula is C24H28N4O3. The van der Waals surface area contributed by atoms with Crippen LogP contribution in [0.15, 0.2) is 59.1 Å². The number of hydrogen-bond donors (Lipinski definition) is 1. The first-order valence-corrected chi connectivity index (χ1v) is 10.7. The number of carbonyl (C=O) groups is 1. The van der Waals surface area contributed by atoms with E-state index in [2.05, 4.69) is 15.5 Å². The van der Waals surface area contributed by atoms with Crippen LogP contribution in [-0.2, 0) is 24.5 Å². The first-order chi connectivity index (χ1) is 15.2. The molecule has 7 nitrogen and oxygen atoms in total. The molecule has 0 bridgehead atoms. The third kappa shape index (κ3) is 5.70. The number of likely N-dealkylation sites (tertiary alicyclic amines) is 1. The van der Waals surface area contributed by atoms with Gasteiger partial charge >= 0.3 is 6.03 Å². The fourth-order valence-corrected chi connectivity index (χ4v) is 3.72. The lowest BCUT2D eigenvalue weighted by Gasteiger charge is -2.33. The molecule has 2 heterocycles. The quantitative estimate of drug-likeness (QED) is 0.607. The molecule has 162 valence electrons. The fourth-order valence-electron chi connectivity index (χ4n) is 3.72. The second-order valence-corrected chi connectivity index (χ2v) is 7.87. The largest absolute Gasteiger partial charge is 0.367 e. The smallest absolute Gasteiger partial charge is 0.318 e. The van der Waals surface area contributed by atoms with Gasteiger partial charge in [-0.25, -0.2) is 4.79 Å². The second-order valence-electron chi connectivity index (χ2n) is 7.87. The summed E-state index contributed by atoms with van der Waals surface area (Å²) in [5.74, 6) is 0.972. The van der Waals surface area contributed by atoms with Crippen LogP contribution in [-0.4, -0.2) is 27.6 Å². The van der Waals surface area contributed by atoms with E-state index in [1.54, 1.807) is 0 Å². The highest BCUT2D eigenvalue weighted by atomic mass is 16.5. The van der Waals surface area contributed by atoms with Crippen LogP contribution in [0.5, 0.6) is 0 Å². The Morgan fingerprint density at radius 3 is 2.71 bits per heavy atom. The van der Waals surface area contributed by atoms with Gasteiger partial charge in [0.15, 0.2) is 5.82 Å². The number of nitrogens with one attached hydrogen (secondary N) is 1. The zero-order valence-electron chi connectivity index (χ0n) is 17.8. The highest BCUT2D eigenvalue weighted by Crippen LogP contribution is 2.29. The van der Waals surface area contributed by atoms with E-state index in [0.29, 0.717) is 31.4 Å². The van der Waals surface area contributed by atoms with Gasteiger partial charge in [0.05, 0.1) is 12.6 Å². The molecule has 1 saturated heterocycles. The molecule has 7 heteroatoms. The van der Waals surface area contributed by atoms with Crippen LogP contribution in [0.25, 0.3) is 0 Å². The normalized spacial score (nSPS) is 16.3. The summed E-state index contributed by atoms with van der Waals surface area (Å²) < 4.78 is 11.1. The Morgan fingerprint density at radius 1 is 1.10 bits per heavy atom. The zero-order chi connectivity index (χ0) is 21.5. The van der Waals surface area contributed by atoms with Crippen molar-refractivity contribution in [1.29, 1.82) is 0 Å². The van der Waals surface area contributed by atoms with Crippen molar-refractivity contribution < 1.29 is 14.1 Å². The van der Waals surface area contributed by atoms with E-state index in [1.165, 1.54) is 5.56 Å². The molecule has 1 aliphatic heterocycles. The number of piperidine rings is 1. The van der Waals surface area contributed by atoms with Crippen LogP contribution in [0.3, 0.4) is 0 Å². The Labute approximate surface area is 182 Å². The molecule has 0 saturated carbocycles. The van der Waals surface area contributed by atoms with Crippen LogP contribution in [0.2, 0.25) is 0 Å². The Bertz CT molecular complexity index is 972. The summed E-state index contributed by atoms with van der Waals surface area (Å²) in [5, 5.41) is 7.16. The molecule has 1 atom stereocenters. The standard InChI is InChI=1S/C24H28N4O3/c1-18-10-12-19(13-11-18)15-25-24(29)28-14-6-5-9-21(28)23-26-22(31-27-23)17-30-16-20-7-3-2-4-8-20/h2-4,7-8,10-13,21H,5-6,9,14-17H2,1H3,(H,25,29). The average Bonchev–Trinajstić information content (AvgIpc) is 3.28. The molecule has 0 radical (unpaired) electrons. The first kappa shape index (κ1) is 21.1. The zero-order valence-corrected chi connectivity index (χ0v) is 17.8. The lowest BCUT2D eigenvalue weighted by Crippen LogP contribution is -2.44. The van der Waals surface area contributed by atoms with Crippen LogP contribution < -0.4 is 5.32 Å². The van der Waals surface area contributed by atoms with E-state index in [-0.39, 0.29) is 18.7 Å². The van der Waals surface area contributed by atoms with Crippen molar-refractivity contribution in [1.82, 2.24) is 20.4 Å². The van der Waals surface area contributed by atoms with Crippen molar-refractivity contribution in [2.24, 2.45) is 0 Å². The number of nitrogens with zero attached hydrogens (tertiary/aromatic N) is 3. The van der Waals surface area contributed by atoms with Crippen molar-refractivity contribution >= 4 is 6.03 Å². The molecule has 4 rings (SSSR count). The van der Waals surface area contributed by atoms with Gasteiger partial charge < -0.3 is 19.5 Å². The highest BCUT2D eigenvalue weighted by Gasteiger charge is 2.31. The number of amides is 2.